The van der Waals surface area contributed by atoms with Crippen molar-refractivity contribution in [2.75, 3.05) is 20.8 Å². The largest absolute Gasteiger partial charge is 1.00 e. The summed E-state index contributed by atoms with van der Waals surface area (Å²) in [6.45, 7) is 2.93. The maximum Gasteiger partial charge on any atom is 0.161 e. The molecule has 0 aromatic heterocycles. The molecule has 23 heavy (non-hydrogen) atoms. The highest BCUT2D eigenvalue weighted by molar-refractivity contribution is 5.47. The van der Waals surface area contributed by atoms with Crippen LogP contribution in [0.3, 0.4) is 0 Å². The van der Waals surface area contributed by atoms with Crippen LogP contribution in [0.5, 0.6) is 11.5 Å². The second-order valence-electron chi connectivity index (χ2n) is 5.71. The van der Waals surface area contributed by atoms with Crippen LogP contribution in [-0.2, 0) is 19.5 Å². The van der Waals surface area contributed by atoms with Gasteiger partial charge in [0.25, 0.3) is 0 Å². The first-order valence-corrected chi connectivity index (χ1v) is 7.51. The fourth-order valence-electron chi connectivity index (χ4n) is 3.07. The smallest absolute Gasteiger partial charge is 0.161 e. The summed E-state index contributed by atoms with van der Waals surface area (Å²) < 4.78 is 23.7. The summed E-state index contributed by atoms with van der Waals surface area (Å²) in [6, 6.07) is 11.0. The highest BCUT2D eigenvalue weighted by Crippen LogP contribution is 2.31. The molecule has 3 rings (SSSR count). The van der Waals surface area contributed by atoms with E-state index in [1.54, 1.807) is 14.2 Å². The highest BCUT2D eigenvalue weighted by atomic mass is 79.9. The predicted octanol–water partition coefficient (Wildman–Crippen LogP) is -1.01. The third-order valence-corrected chi connectivity index (χ3v) is 4.26. The normalized spacial score (nSPS) is 16.2. The zero-order chi connectivity index (χ0) is 15.5. The van der Waals surface area contributed by atoms with Crippen molar-refractivity contribution in [2.45, 2.75) is 19.5 Å². The molecule has 0 fully saturated rings. The lowest BCUT2D eigenvalue weighted by molar-refractivity contribution is -0.929. The molecule has 1 unspecified atom stereocenters. The fraction of sp³-hybridized carbons (Fsp3) is 0.333. The summed E-state index contributed by atoms with van der Waals surface area (Å²) in [5.74, 6) is 1.40. The van der Waals surface area contributed by atoms with Gasteiger partial charge in [-0.25, -0.2) is 4.39 Å². The molecule has 1 heterocycles. The van der Waals surface area contributed by atoms with E-state index in [1.807, 2.05) is 12.1 Å². The number of methoxy groups -OCH3 is 2. The van der Waals surface area contributed by atoms with Gasteiger partial charge in [0.05, 0.1) is 20.8 Å². The molecule has 0 amide bonds. The van der Waals surface area contributed by atoms with Crippen LogP contribution >= 0.6 is 0 Å². The molecule has 2 aromatic carbocycles. The van der Waals surface area contributed by atoms with Crippen molar-refractivity contribution < 1.29 is 35.7 Å². The molecule has 124 valence electrons. The molecule has 1 aliphatic heterocycles. The SMILES string of the molecule is COc1cc2c(cc1OC)C[NH+](Cc1ccc(F)cc1)CC2.[Br-]. The molecule has 0 radical (unpaired) electrons. The van der Waals surface area contributed by atoms with Gasteiger partial charge in [-0.2, -0.15) is 0 Å². The Bertz CT molecular complexity index is 661. The van der Waals surface area contributed by atoms with Crippen LogP contribution in [0.15, 0.2) is 36.4 Å². The zero-order valence-corrected chi connectivity index (χ0v) is 15.0. The Balaban J connectivity index is 0.00000192. The average molecular weight is 382 g/mol. The number of halogens is 2. The third-order valence-electron chi connectivity index (χ3n) is 4.26. The number of benzene rings is 2. The number of hydrogen-bond donors (Lipinski definition) is 1. The highest BCUT2D eigenvalue weighted by Gasteiger charge is 2.22. The van der Waals surface area contributed by atoms with Crippen LogP contribution in [-0.4, -0.2) is 20.8 Å². The third kappa shape index (κ3) is 4.03. The molecule has 1 atom stereocenters. The Morgan fingerprint density at radius 2 is 1.61 bits per heavy atom. The Hall–Kier alpha value is -1.59. The molecule has 5 heteroatoms. The maximum atomic E-state index is 13.0. The zero-order valence-electron chi connectivity index (χ0n) is 13.4. The Kier molecular flexibility index (Phi) is 6.02. The van der Waals surface area contributed by atoms with Crippen molar-refractivity contribution in [1.82, 2.24) is 0 Å². The molecule has 0 spiro atoms. The molecule has 0 bridgehead atoms. The summed E-state index contributed by atoms with van der Waals surface area (Å²) >= 11 is 0. The average Bonchev–Trinajstić information content (AvgIpc) is 2.55. The van der Waals surface area contributed by atoms with Crippen molar-refractivity contribution in [3.05, 3.63) is 58.9 Å². The minimum atomic E-state index is -0.181. The monoisotopic (exact) mass is 381 g/mol. The summed E-state index contributed by atoms with van der Waals surface area (Å²) in [4.78, 5) is 1.48. The van der Waals surface area contributed by atoms with E-state index in [4.69, 9.17) is 9.47 Å². The predicted molar refractivity (Wildman–Crippen MR) is 82.9 cm³/mol. The van der Waals surface area contributed by atoms with Crippen LogP contribution in [0.4, 0.5) is 4.39 Å². The Morgan fingerprint density at radius 3 is 2.22 bits per heavy atom. The molecule has 1 N–H and O–H groups in total. The van der Waals surface area contributed by atoms with Gasteiger partial charge >= 0.3 is 0 Å². The first-order valence-electron chi connectivity index (χ1n) is 7.51. The van der Waals surface area contributed by atoms with Crippen LogP contribution in [0.25, 0.3) is 0 Å². The van der Waals surface area contributed by atoms with Crippen LogP contribution in [0.1, 0.15) is 16.7 Å². The summed E-state index contributed by atoms with van der Waals surface area (Å²) in [5.41, 5.74) is 3.81. The van der Waals surface area contributed by atoms with Gasteiger partial charge in [-0.3, -0.25) is 0 Å². The van der Waals surface area contributed by atoms with Gasteiger partial charge in [0.2, 0.25) is 0 Å². The van der Waals surface area contributed by atoms with E-state index in [-0.39, 0.29) is 22.8 Å². The number of rotatable bonds is 4. The summed E-state index contributed by atoms with van der Waals surface area (Å²) in [7, 11) is 3.33. The standard InChI is InChI=1S/C18H20FNO2.BrH/c1-21-17-9-14-7-8-20(12-15(14)10-18(17)22-2)11-13-3-5-16(19)6-4-13;/h3-6,9-10H,7-8,11-12H2,1-2H3;1H. The minimum absolute atomic E-state index is 0. The molecule has 0 saturated carbocycles. The quantitative estimate of drug-likeness (QED) is 0.733. The minimum Gasteiger partial charge on any atom is -1.00 e. The second-order valence-corrected chi connectivity index (χ2v) is 5.71. The van der Waals surface area contributed by atoms with Crippen molar-refractivity contribution in [1.29, 1.82) is 0 Å². The fourth-order valence-corrected chi connectivity index (χ4v) is 3.07. The van der Waals surface area contributed by atoms with Crippen molar-refractivity contribution >= 4 is 0 Å². The van der Waals surface area contributed by atoms with E-state index < -0.39 is 0 Å². The lowest BCUT2D eigenvalue weighted by Gasteiger charge is -2.27. The van der Waals surface area contributed by atoms with E-state index in [9.17, 15) is 4.39 Å². The molecular formula is C18H21BrFNO2. The van der Waals surface area contributed by atoms with Crippen LogP contribution in [0, 0.1) is 5.82 Å². The second kappa shape index (κ2) is 7.79. The number of nitrogens with one attached hydrogen (secondary N) is 1. The molecular weight excluding hydrogens is 361 g/mol. The first-order chi connectivity index (χ1) is 10.7. The van der Waals surface area contributed by atoms with Gasteiger partial charge in [0.1, 0.15) is 18.9 Å². The van der Waals surface area contributed by atoms with Crippen LogP contribution < -0.4 is 31.4 Å². The van der Waals surface area contributed by atoms with E-state index in [1.165, 1.54) is 33.7 Å². The molecule has 1 aliphatic rings. The van der Waals surface area contributed by atoms with Gasteiger partial charge in [-0.15, -0.1) is 0 Å². The lowest BCUT2D eigenvalue weighted by atomic mass is 9.98. The summed E-state index contributed by atoms with van der Waals surface area (Å²) in [5, 5.41) is 0. The molecule has 3 nitrogen and oxygen atoms in total. The van der Waals surface area contributed by atoms with E-state index in [2.05, 4.69) is 12.1 Å². The van der Waals surface area contributed by atoms with Gasteiger partial charge in [-0.05, 0) is 29.8 Å². The number of ether oxygens (including phenoxy) is 2. The van der Waals surface area contributed by atoms with E-state index in [0.29, 0.717) is 0 Å². The van der Waals surface area contributed by atoms with Gasteiger partial charge in [0.15, 0.2) is 11.5 Å². The maximum absolute atomic E-state index is 13.0. The van der Waals surface area contributed by atoms with Gasteiger partial charge in [0, 0.05) is 17.5 Å². The van der Waals surface area contributed by atoms with Gasteiger partial charge < -0.3 is 31.4 Å². The lowest BCUT2D eigenvalue weighted by Crippen LogP contribution is -3.10. The Morgan fingerprint density at radius 1 is 1.00 bits per heavy atom. The number of quaternary nitrogens is 1. The van der Waals surface area contributed by atoms with E-state index in [0.717, 1.165) is 37.6 Å². The number of hydrogen-bond acceptors (Lipinski definition) is 2. The van der Waals surface area contributed by atoms with Crippen LogP contribution in [0.2, 0.25) is 0 Å². The number of fused-ring (bicyclic) bond motifs is 1. The topological polar surface area (TPSA) is 22.9 Å². The Labute approximate surface area is 146 Å². The van der Waals surface area contributed by atoms with Crippen molar-refractivity contribution in [3.63, 3.8) is 0 Å². The van der Waals surface area contributed by atoms with E-state index >= 15 is 0 Å². The van der Waals surface area contributed by atoms with Crippen molar-refractivity contribution in [2.24, 2.45) is 0 Å². The molecule has 0 aliphatic carbocycles. The first kappa shape index (κ1) is 17.8. The molecule has 2 aromatic rings. The van der Waals surface area contributed by atoms with Gasteiger partial charge in [-0.1, -0.05) is 12.1 Å². The van der Waals surface area contributed by atoms with Crippen molar-refractivity contribution in [3.8, 4) is 11.5 Å². The summed E-state index contributed by atoms with van der Waals surface area (Å²) in [6.07, 6.45) is 1.02. The molecule has 0 saturated heterocycles.